The molecule has 28 heavy (non-hydrogen) atoms. The van der Waals surface area contributed by atoms with Crippen molar-refractivity contribution in [2.24, 2.45) is 28.6 Å². The molecule has 0 aromatic rings. The van der Waals surface area contributed by atoms with E-state index in [2.05, 4.69) is 0 Å². The molecule has 0 bridgehead atoms. The second-order valence-electron chi connectivity index (χ2n) is 9.37. The summed E-state index contributed by atoms with van der Waals surface area (Å²) in [5.41, 5.74) is -3.01. The Morgan fingerprint density at radius 3 is 2.68 bits per heavy atom. The lowest BCUT2D eigenvalue weighted by Crippen LogP contribution is -2.67. The van der Waals surface area contributed by atoms with Gasteiger partial charge in [-0.15, -0.1) is 11.6 Å². The van der Waals surface area contributed by atoms with Crippen molar-refractivity contribution < 1.29 is 24.2 Å². The molecule has 2 N–H and O–H groups in total. The number of rotatable bonds is 2. The Morgan fingerprint density at radius 2 is 2.04 bits per heavy atom. The molecule has 2 saturated carbocycles. The molecule has 152 valence electrons. The molecule has 0 spiro atoms. The number of halogens is 2. The Hall–Kier alpha value is -1.30. The predicted octanol–water partition coefficient (Wildman–Crippen LogP) is 2.92. The minimum Gasteiger partial charge on any atom is -0.388 e. The van der Waals surface area contributed by atoms with Gasteiger partial charge in [0.2, 0.25) is 0 Å². The molecule has 2 unspecified atom stereocenters. The molecular formula is C22H26ClFO4. The second-order valence-corrected chi connectivity index (χ2v) is 10.00. The summed E-state index contributed by atoms with van der Waals surface area (Å²) in [4.78, 5) is 23.1. The van der Waals surface area contributed by atoms with Gasteiger partial charge in [-0.2, -0.15) is 0 Å². The van der Waals surface area contributed by atoms with Gasteiger partial charge in [0, 0.05) is 16.7 Å². The van der Waals surface area contributed by atoms with E-state index in [0.717, 1.165) is 0 Å². The lowest BCUT2D eigenvalue weighted by atomic mass is 9.47. The SMILES string of the molecule is CC1C[C@H]2[C@@H]3C=CC4=CC(=O)C=C[C@]4(C)[C@@]3(Cl)C(F)C[C@]2(C)[C@@]1(O)C(=O)CO. The first-order valence-corrected chi connectivity index (χ1v) is 10.2. The fourth-order valence-electron chi connectivity index (χ4n) is 6.66. The standard InChI is InChI=1S/C22H26ClFO4/c1-12-8-16-15-5-4-13-9-14(26)6-7-19(13,2)21(15,23)17(24)10-20(16,3)22(12,28)18(27)11-25/h4-7,9,12,15-17,25,28H,8,10-11H2,1-3H3/t12?,15-,16-,17?,19-,20-,21-,22-/m0/s1. The predicted molar refractivity (Wildman–Crippen MR) is 103 cm³/mol. The fourth-order valence-corrected chi connectivity index (χ4v) is 7.14. The number of ketones is 2. The highest BCUT2D eigenvalue weighted by Crippen LogP contribution is 2.70. The summed E-state index contributed by atoms with van der Waals surface area (Å²) in [5, 5.41) is 20.9. The van der Waals surface area contributed by atoms with E-state index in [4.69, 9.17) is 11.6 Å². The first-order chi connectivity index (χ1) is 13.0. The Labute approximate surface area is 169 Å². The zero-order chi connectivity index (χ0) is 20.7. The molecule has 8 atom stereocenters. The Bertz CT molecular complexity index is 849. The number of carbonyl (C=O) groups is 2. The number of aliphatic hydroxyl groups is 2. The van der Waals surface area contributed by atoms with Crippen LogP contribution in [0.4, 0.5) is 4.39 Å². The molecule has 4 aliphatic carbocycles. The van der Waals surface area contributed by atoms with Crippen LogP contribution in [-0.4, -0.2) is 45.0 Å². The highest BCUT2D eigenvalue weighted by Gasteiger charge is 2.74. The van der Waals surface area contributed by atoms with Gasteiger partial charge in [0.25, 0.3) is 0 Å². The third kappa shape index (κ3) is 2.03. The third-order valence-corrected chi connectivity index (χ3v) is 9.19. The van der Waals surface area contributed by atoms with E-state index in [1.807, 2.05) is 19.1 Å². The van der Waals surface area contributed by atoms with Gasteiger partial charge in [-0.3, -0.25) is 9.59 Å². The van der Waals surface area contributed by atoms with Gasteiger partial charge < -0.3 is 10.2 Å². The van der Waals surface area contributed by atoms with Gasteiger partial charge in [-0.05, 0) is 42.4 Å². The van der Waals surface area contributed by atoms with Gasteiger partial charge in [-0.1, -0.05) is 39.0 Å². The van der Waals surface area contributed by atoms with Crippen LogP contribution in [0.2, 0.25) is 0 Å². The van der Waals surface area contributed by atoms with Crippen LogP contribution in [0.25, 0.3) is 0 Å². The number of allylic oxidation sites excluding steroid dienone is 6. The molecule has 4 nitrogen and oxygen atoms in total. The van der Waals surface area contributed by atoms with Crippen molar-refractivity contribution in [3.63, 3.8) is 0 Å². The summed E-state index contributed by atoms with van der Waals surface area (Å²) in [5.74, 6) is -1.88. The lowest BCUT2D eigenvalue weighted by Gasteiger charge is -2.61. The van der Waals surface area contributed by atoms with Gasteiger partial charge in [-0.25, -0.2) is 4.39 Å². The Morgan fingerprint density at radius 1 is 1.36 bits per heavy atom. The number of carbonyl (C=O) groups excluding carboxylic acids is 2. The highest BCUT2D eigenvalue weighted by atomic mass is 35.5. The summed E-state index contributed by atoms with van der Waals surface area (Å²) >= 11 is 7.13. The lowest BCUT2D eigenvalue weighted by molar-refractivity contribution is -0.170. The number of hydrogen-bond acceptors (Lipinski definition) is 4. The van der Waals surface area contributed by atoms with E-state index >= 15 is 4.39 Å². The Balaban J connectivity index is 1.88. The van der Waals surface area contributed by atoms with Gasteiger partial charge in [0.15, 0.2) is 11.6 Å². The molecule has 0 aliphatic heterocycles. The smallest absolute Gasteiger partial charge is 0.190 e. The maximum atomic E-state index is 15.9. The third-order valence-electron chi connectivity index (χ3n) is 8.31. The van der Waals surface area contributed by atoms with Gasteiger partial charge >= 0.3 is 0 Å². The van der Waals surface area contributed by atoms with Crippen molar-refractivity contribution in [2.45, 2.75) is 50.3 Å². The van der Waals surface area contributed by atoms with E-state index in [9.17, 15) is 19.8 Å². The van der Waals surface area contributed by atoms with Crippen molar-refractivity contribution in [3.8, 4) is 0 Å². The number of alkyl halides is 2. The van der Waals surface area contributed by atoms with Crippen molar-refractivity contribution in [1.29, 1.82) is 0 Å². The van der Waals surface area contributed by atoms with Gasteiger partial charge in [0.05, 0.1) is 4.87 Å². The molecule has 4 aliphatic rings. The normalized spacial score (nSPS) is 52.0. The van der Waals surface area contributed by atoms with Crippen LogP contribution in [0.1, 0.15) is 33.6 Å². The minimum atomic E-state index is -1.79. The molecule has 6 heteroatoms. The number of aliphatic hydroxyl groups excluding tert-OH is 1. The molecule has 0 heterocycles. The van der Waals surface area contributed by atoms with Crippen molar-refractivity contribution in [2.75, 3.05) is 6.61 Å². The topological polar surface area (TPSA) is 74.6 Å². The summed E-state index contributed by atoms with van der Waals surface area (Å²) in [7, 11) is 0. The summed E-state index contributed by atoms with van der Waals surface area (Å²) in [6.45, 7) is 4.60. The molecule has 0 saturated heterocycles. The maximum Gasteiger partial charge on any atom is 0.190 e. The molecule has 2 fully saturated rings. The summed E-state index contributed by atoms with van der Waals surface area (Å²) < 4.78 is 15.9. The van der Waals surface area contributed by atoms with Crippen LogP contribution >= 0.6 is 11.6 Å². The molecular weight excluding hydrogens is 383 g/mol. The average Bonchev–Trinajstić information content (AvgIpc) is 2.84. The van der Waals surface area contributed by atoms with Crippen LogP contribution in [0.15, 0.2) is 36.0 Å². The van der Waals surface area contributed by atoms with E-state index in [1.54, 1.807) is 19.9 Å². The molecule has 0 radical (unpaired) electrons. The quantitative estimate of drug-likeness (QED) is 0.689. The van der Waals surface area contributed by atoms with Crippen molar-refractivity contribution in [3.05, 3.63) is 36.0 Å². The minimum absolute atomic E-state index is 0.0806. The van der Waals surface area contributed by atoms with Crippen LogP contribution in [0.5, 0.6) is 0 Å². The number of fused-ring (bicyclic) bond motifs is 5. The number of hydrogen-bond donors (Lipinski definition) is 2. The molecule has 0 aromatic heterocycles. The summed E-state index contributed by atoms with van der Waals surface area (Å²) in [6.07, 6.45) is 7.24. The van der Waals surface area contributed by atoms with Crippen LogP contribution in [0, 0.1) is 28.6 Å². The first kappa shape index (κ1) is 20.0. The molecule has 0 amide bonds. The summed E-state index contributed by atoms with van der Waals surface area (Å²) in [6, 6.07) is 0. The van der Waals surface area contributed by atoms with Gasteiger partial charge in [0.1, 0.15) is 18.4 Å². The van der Waals surface area contributed by atoms with Crippen molar-refractivity contribution in [1.82, 2.24) is 0 Å². The number of Topliss-reactive ketones (excluding diaryl/α,β-unsaturated/α-hetero) is 1. The molecule has 0 aromatic carbocycles. The van der Waals surface area contributed by atoms with Crippen LogP contribution < -0.4 is 0 Å². The average molecular weight is 409 g/mol. The maximum absolute atomic E-state index is 15.9. The van der Waals surface area contributed by atoms with E-state index in [1.165, 1.54) is 12.2 Å². The molecule has 4 rings (SSSR count). The van der Waals surface area contributed by atoms with E-state index in [-0.39, 0.29) is 18.1 Å². The fraction of sp³-hybridized carbons (Fsp3) is 0.636. The zero-order valence-electron chi connectivity index (χ0n) is 16.3. The zero-order valence-corrected chi connectivity index (χ0v) is 17.0. The van der Waals surface area contributed by atoms with Crippen LogP contribution in [-0.2, 0) is 9.59 Å². The van der Waals surface area contributed by atoms with Crippen molar-refractivity contribution >= 4 is 23.2 Å². The van der Waals surface area contributed by atoms with Crippen LogP contribution in [0.3, 0.4) is 0 Å². The first-order valence-electron chi connectivity index (χ1n) is 9.80. The van der Waals surface area contributed by atoms with E-state index < -0.39 is 51.7 Å². The highest BCUT2D eigenvalue weighted by molar-refractivity contribution is 6.26. The monoisotopic (exact) mass is 408 g/mol. The largest absolute Gasteiger partial charge is 0.388 e. The van der Waals surface area contributed by atoms with E-state index in [0.29, 0.717) is 12.0 Å². The Kier molecular flexibility index (Phi) is 4.19. The second kappa shape index (κ2) is 5.87.